The highest BCUT2D eigenvalue weighted by Crippen LogP contribution is 2.36. The third-order valence-corrected chi connectivity index (χ3v) is 6.78. The van der Waals surface area contributed by atoms with Gasteiger partial charge in [-0.05, 0) is 54.1 Å². The zero-order valence-electron chi connectivity index (χ0n) is 17.8. The molecule has 0 aromatic heterocycles. The number of halogens is 4. The molecule has 0 radical (unpaired) electrons. The Hall–Kier alpha value is -4.08. The number of benzene rings is 3. The summed E-state index contributed by atoms with van der Waals surface area (Å²) in [7, 11) is -4.38. The van der Waals surface area contributed by atoms with Crippen molar-refractivity contribution in [3.8, 4) is 11.8 Å². The first-order valence-electron chi connectivity index (χ1n) is 9.96. The summed E-state index contributed by atoms with van der Waals surface area (Å²) in [4.78, 5) is 26.6. The topological polar surface area (TPSA) is 117 Å². The Morgan fingerprint density at radius 3 is 2.31 bits per heavy atom. The van der Waals surface area contributed by atoms with Crippen LogP contribution in [0, 0.1) is 11.3 Å². The third kappa shape index (κ3) is 4.98. The third-order valence-electron chi connectivity index (χ3n) is 5.08. The Morgan fingerprint density at radius 2 is 1.67 bits per heavy atom. The van der Waals surface area contributed by atoms with Gasteiger partial charge in [0.05, 0.1) is 44.9 Å². The fourth-order valence-corrected chi connectivity index (χ4v) is 4.86. The first-order valence-corrected chi connectivity index (χ1v) is 11.8. The summed E-state index contributed by atoms with van der Waals surface area (Å²) in [5.74, 6) is -2.19. The second-order valence-corrected chi connectivity index (χ2v) is 9.57. The van der Waals surface area contributed by atoms with Gasteiger partial charge < -0.3 is 4.74 Å². The molecule has 0 aliphatic carbocycles. The number of nitrogens with zero attached hydrogens (tertiary/aromatic N) is 2. The van der Waals surface area contributed by atoms with Gasteiger partial charge in [-0.3, -0.25) is 19.2 Å². The van der Waals surface area contributed by atoms with E-state index in [9.17, 15) is 31.2 Å². The monoisotopic (exact) mass is 535 g/mol. The van der Waals surface area contributed by atoms with Crippen molar-refractivity contribution in [2.45, 2.75) is 17.8 Å². The molecule has 0 spiro atoms. The molecule has 0 atom stereocenters. The van der Waals surface area contributed by atoms with Gasteiger partial charge in [0.15, 0.2) is 0 Å². The summed E-state index contributed by atoms with van der Waals surface area (Å²) >= 11 is 6.15. The minimum atomic E-state index is -4.95. The lowest BCUT2D eigenvalue weighted by Crippen LogP contribution is -2.29. The SMILES string of the molecule is N#Cc1cccc(CN2C(=O)c3c(Cl)ccc(NS(=O)(=O)c4ccc(OC(F)(F)F)cc4)c3C2=O)c1. The van der Waals surface area contributed by atoms with Gasteiger partial charge in [-0.1, -0.05) is 23.7 Å². The largest absolute Gasteiger partial charge is 0.573 e. The van der Waals surface area contributed by atoms with Crippen molar-refractivity contribution in [3.63, 3.8) is 0 Å². The van der Waals surface area contributed by atoms with Crippen molar-refractivity contribution in [2.75, 3.05) is 4.72 Å². The Balaban J connectivity index is 1.64. The first-order chi connectivity index (χ1) is 16.9. The summed E-state index contributed by atoms with van der Waals surface area (Å²) in [5.41, 5.74) is 0.0960. The Labute approximate surface area is 207 Å². The highest BCUT2D eigenvalue weighted by Gasteiger charge is 2.40. The van der Waals surface area contributed by atoms with Crippen molar-refractivity contribution in [3.05, 3.63) is 87.9 Å². The van der Waals surface area contributed by atoms with Crippen LogP contribution in [0.1, 0.15) is 31.8 Å². The van der Waals surface area contributed by atoms with Crippen LogP contribution in [0.15, 0.2) is 65.6 Å². The lowest BCUT2D eigenvalue weighted by molar-refractivity contribution is -0.274. The minimum absolute atomic E-state index is 0.0757. The standard InChI is InChI=1S/C23H13ClF3N3O5S/c24-17-8-9-18(29-36(33,34)16-6-4-15(5-7-16)35-23(25,26)27)20-19(17)21(31)30(22(20)32)12-14-3-1-2-13(10-14)11-28/h1-10,29H,12H2. The minimum Gasteiger partial charge on any atom is -0.406 e. The molecule has 13 heteroatoms. The predicted octanol–water partition coefficient (Wildman–Crippen LogP) is 4.71. The number of hydrogen-bond acceptors (Lipinski definition) is 6. The van der Waals surface area contributed by atoms with Crippen LogP contribution < -0.4 is 9.46 Å². The van der Waals surface area contributed by atoms with Crippen LogP contribution in [0.3, 0.4) is 0 Å². The van der Waals surface area contributed by atoms with Crippen LogP contribution in [0.4, 0.5) is 18.9 Å². The number of sulfonamides is 1. The summed E-state index contributed by atoms with van der Waals surface area (Å²) in [6.45, 7) is -0.189. The van der Waals surface area contributed by atoms with Crippen molar-refractivity contribution in [1.82, 2.24) is 4.90 Å². The van der Waals surface area contributed by atoms with E-state index < -0.39 is 38.8 Å². The number of fused-ring (bicyclic) bond motifs is 1. The molecule has 1 N–H and O–H groups in total. The van der Waals surface area contributed by atoms with Gasteiger partial charge in [-0.25, -0.2) is 8.42 Å². The molecule has 0 fully saturated rings. The quantitative estimate of drug-likeness (QED) is 0.457. The van der Waals surface area contributed by atoms with E-state index in [1.54, 1.807) is 18.2 Å². The van der Waals surface area contributed by atoms with Crippen molar-refractivity contribution in [2.24, 2.45) is 0 Å². The molecule has 0 saturated heterocycles. The lowest BCUT2D eigenvalue weighted by atomic mass is 10.1. The number of nitriles is 1. The summed E-state index contributed by atoms with van der Waals surface area (Å²) in [6, 6.07) is 14.1. The van der Waals surface area contributed by atoms with E-state index in [0.29, 0.717) is 11.1 Å². The predicted molar refractivity (Wildman–Crippen MR) is 121 cm³/mol. The summed E-state index contributed by atoms with van der Waals surface area (Å²) < 4.78 is 68.7. The fourth-order valence-electron chi connectivity index (χ4n) is 3.55. The number of carbonyl (C=O) groups excluding carboxylic acids is 2. The van der Waals surface area contributed by atoms with Crippen LogP contribution in [-0.2, 0) is 16.6 Å². The molecule has 1 aliphatic heterocycles. The average molecular weight is 536 g/mol. The maximum absolute atomic E-state index is 13.2. The highest BCUT2D eigenvalue weighted by atomic mass is 35.5. The number of rotatable bonds is 6. The van der Waals surface area contributed by atoms with E-state index in [4.69, 9.17) is 16.9 Å². The van der Waals surface area contributed by atoms with Crippen LogP contribution in [0.25, 0.3) is 0 Å². The maximum atomic E-state index is 13.2. The lowest BCUT2D eigenvalue weighted by Gasteiger charge is -2.14. The zero-order chi connectivity index (χ0) is 26.3. The van der Waals surface area contributed by atoms with E-state index in [1.807, 2.05) is 6.07 Å². The highest BCUT2D eigenvalue weighted by molar-refractivity contribution is 7.92. The molecule has 1 heterocycles. The Bertz CT molecular complexity index is 1530. The second-order valence-electron chi connectivity index (χ2n) is 7.48. The fraction of sp³-hybridized carbons (Fsp3) is 0.0870. The van der Waals surface area contributed by atoms with Crippen LogP contribution in [0.2, 0.25) is 5.02 Å². The van der Waals surface area contributed by atoms with Crippen LogP contribution in [-0.4, -0.2) is 31.5 Å². The smallest absolute Gasteiger partial charge is 0.406 e. The van der Waals surface area contributed by atoms with Crippen LogP contribution >= 0.6 is 11.6 Å². The Kier molecular flexibility index (Phi) is 6.38. The molecule has 4 rings (SSSR count). The summed E-state index contributed by atoms with van der Waals surface area (Å²) in [5, 5.41) is 9.00. The number of carbonyl (C=O) groups is 2. The molecule has 0 saturated carbocycles. The molecule has 1 aliphatic rings. The average Bonchev–Trinajstić information content (AvgIpc) is 3.06. The van der Waals surface area contributed by atoms with Gasteiger partial charge in [0, 0.05) is 0 Å². The van der Waals surface area contributed by atoms with Crippen LogP contribution in [0.5, 0.6) is 5.75 Å². The zero-order valence-corrected chi connectivity index (χ0v) is 19.4. The molecule has 36 heavy (non-hydrogen) atoms. The van der Waals surface area contributed by atoms with Crippen molar-refractivity contribution < 1.29 is 35.9 Å². The van der Waals surface area contributed by atoms with E-state index in [1.165, 1.54) is 18.2 Å². The van der Waals surface area contributed by atoms with Crippen molar-refractivity contribution in [1.29, 1.82) is 5.26 Å². The van der Waals surface area contributed by atoms with E-state index in [-0.39, 0.29) is 28.4 Å². The molecule has 3 aromatic rings. The number of amides is 2. The first kappa shape index (κ1) is 25.0. The molecule has 2 amide bonds. The van der Waals surface area contributed by atoms with E-state index in [0.717, 1.165) is 29.2 Å². The molecule has 184 valence electrons. The molecular formula is C23H13ClF3N3O5S. The molecule has 0 unspecified atom stereocenters. The van der Waals surface area contributed by atoms with Gasteiger partial charge in [0.2, 0.25) is 0 Å². The van der Waals surface area contributed by atoms with Gasteiger partial charge in [-0.2, -0.15) is 5.26 Å². The van der Waals surface area contributed by atoms with Gasteiger partial charge >= 0.3 is 6.36 Å². The number of ether oxygens (including phenoxy) is 1. The molecule has 8 nitrogen and oxygen atoms in total. The normalized spacial score (nSPS) is 13.4. The number of alkyl halides is 3. The summed E-state index contributed by atoms with van der Waals surface area (Å²) in [6.07, 6.45) is -4.95. The van der Waals surface area contributed by atoms with Gasteiger partial charge in [0.25, 0.3) is 21.8 Å². The molecular weight excluding hydrogens is 523 g/mol. The number of hydrogen-bond donors (Lipinski definition) is 1. The van der Waals surface area contributed by atoms with Crippen molar-refractivity contribution >= 4 is 39.1 Å². The number of anilines is 1. The maximum Gasteiger partial charge on any atom is 0.573 e. The molecule has 3 aromatic carbocycles. The number of imide groups is 1. The number of nitrogens with one attached hydrogen (secondary N) is 1. The van der Waals surface area contributed by atoms with Gasteiger partial charge in [0.1, 0.15) is 5.75 Å². The molecule has 0 bridgehead atoms. The van der Waals surface area contributed by atoms with E-state index >= 15 is 0 Å². The Morgan fingerprint density at radius 1 is 1.00 bits per heavy atom. The van der Waals surface area contributed by atoms with Gasteiger partial charge in [-0.15, -0.1) is 13.2 Å². The second kappa shape index (κ2) is 9.18. The van der Waals surface area contributed by atoms with E-state index in [2.05, 4.69) is 9.46 Å².